The molecule has 1 N–H and O–H groups in total. The molecule has 0 spiro atoms. The number of hydrogen-bond donors (Lipinski definition) is 1. The van der Waals surface area contributed by atoms with Gasteiger partial charge in [0.25, 0.3) is 9.84 Å². The molecule has 4 rings (SSSR count). The SMILES string of the molecule is N#Cc1cc(F)cc2c1[C@@H](c1ccc(S(=O)(=O)C(F)(F)F)c3c1C[C@@H](F)[C@H]3O)CCC2. The number of hydrogen-bond acceptors (Lipinski definition) is 4. The number of rotatable bonds is 2. The maximum Gasteiger partial charge on any atom is 0.501 e. The normalized spacial score (nSPS) is 23.2. The van der Waals surface area contributed by atoms with Crippen LogP contribution in [0.15, 0.2) is 29.2 Å². The number of benzene rings is 2. The van der Waals surface area contributed by atoms with E-state index >= 15 is 0 Å². The molecule has 3 atom stereocenters. The maximum atomic E-state index is 14.4. The van der Waals surface area contributed by atoms with Crippen molar-refractivity contribution >= 4 is 9.84 Å². The molecule has 2 aliphatic carbocycles. The zero-order valence-corrected chi connectivity index (χ0v) is 16.7. The molecular formula is C21H16F5NO3S. The zero-order chi connectivity index (χ0) is 22.7. The smallest absolute Gasteiger partial charge is 0.385 e. The molecular weight excluding hydrogens is 441 g/mol. The van der Waals surface area contributed by atoms with Crippen molar-refractivity contribution in [3.05, 3.63) is 63.5 Å². The Morgan fingerprint density at radius 2 is 1.87 bits per heavy atom. The average molecular weight is 457 g/mol. The topological polar surface area (TPSA) is 78.2 Å². The standard InChI is InChI=1S/C21H16F5NO3S/c22-12-6-10-2-1-3-14(18(10)11(7-12)9-27)13-4-5-17(31(29,30)21(24,25)26)19-15(13)8-16(23)20(19)28/h4-7,14,16,20,28H,1-3,8H2/t14-,16-,20-/m1/s1. The van der Waals surface area contributed by atoms with Gasteiger partial charge in [-0.15, -0.1) is 0 Å². The molecule has 0 bridgehead atoms. The van der Waals surface area contributed by atoms with Crippen LogP contribution < -0.4 is 0 Å². The van der Waals surface area contributed by atoms with E-state index in [-0.39, 0.29) is 11.1 Å². The van der Waals surface area contributed by atoms with Crippen LogP contribution in [0.25, 0.3) is 0 Å². The predicted molar refractivity (Wildman–Crippen MR) is 99.1 cm³/mol. The second-order valence-corrected chi connectivity index (χ2v) is 9.65. The van der Waals surface area contributed by atoms with Gasteiger partial charge in [-0.1, -0.05) is 6.07 Å². The van der Waals surface area contributed by atoms with Gasteiger partial charge in [0.05, 0.1) is 16.5 Å². The minimum atomic E-state index is -5.81. The molecule has 0 fully saturated rings. The van der Waals surface area contributed by atoms with E-state index in [1.54, 1.807) is 0 Å². The number of fused-ring (bicyclic) bond motifs is 2. The Hall–Kier alpha value is -2.51. The highest BCUT2D eigenvalue weighted by atomic mass is 32.2. The second-order valence-electron chi connectivity index (χ2n) is 7.74. The number of alkyl halides is 4. The van der Waals surface area contributed by atoms with E-state index in [0.29, 0.717) is 36.0 Å². The molecule has 0 radical (unpaired) electrons. The molecule has 4 nitrogen and oxygen atoms in total. The van der Waals surface area contributed by atoms with Crippen molar-refractivity contribution in [3.8, 4) is 6.07 Å². The Bertz CT molecular complexity index is 1220. The first-order valence-electron chi connectivity index (χ1n) is 9.49. The lowest BCUT2D eigenvalue weighted by Crippen LogP contribution is -2.25. The van der Waals surface area contributed by atoms with Crippen molar-refractivity contribution in [1.82, 2.24) is 0 Å². The summed E-state index contributed by atoms with van der Waals surface area (Å²) in [6.07, 6.45) is -2.90. The van der Waals surface area contributed by atoms with Gasteiger partial charge in [-0.25, -0.2) is 17.2 Å². The highest BCUT2D eigenvalue weighted by Crippen LogP contribution is 2.48. The van der Waals surface area contributed by atoms with Gasteiger partial charge < -0.3 is 5.11 Å². The number of nitriles is 1. The summed E-state index contributed by atoms with van der Waals surface area (Å²) in [6, 6.07) is 6.21. The lowest BCUT2D eigenvalue weighted by Gasteiger charge is -2.29. The second kappa shape index (κ2) is 7.28. The monoisotopic (exact) mass is 457 g/mol. The number of sulfone groups is 1. The molecule has 0 amide bonds. The summed E-state index contributed by atoms with van der Waals surface area (Å²) in [6.45, 7) is 0. The molecule has 0 saturated carbocycles. The third kappa shape index (κ3) is 3.31. The summed E-state index contributed by atoms with van der Waals surface area (Å²) in [5.74, 6) is -1.15. The summed E-state index contributed by atoms with van der Waals surface area (Å²) in [5, 5.41) is 19.7. The number of aryl methyl sites for hydroxylation is 1. The van der Waals surface area contributed by atoms with Crippen molar-refractivity contribution in [1.29, 1.82) is 5.26 Å². The van der Waals surface area contributed by atoms with Crippen molar-refractivity contribution in [2.45, 2.75) is 54.3 Å². The van der Waals surface area contributed by atoms with E-state index in [1.165, 1.54) is 12.1 Å². The minimum Gasteiger partial charge on any atom is -0.385 e. The molecule has 164 valence electrons. The Morgan fingerprint density at radius 3 is 2.52 bits per heavy atom. The van der Waals surface area contributed by atoms with Crippen LogP contribution >= 0.6 is 0 Å². The third-order valence-electron chi connectivity index (χ3n) is 6.00. The van der Waals surface area contributed by atoms with Crippen LogP contribution in [0.1, 0.15) is 58.2 Å². The van der Waals surface area contributed by atoms with Crippen molar-refractivity contribution in [3.63, 3.8) is 0 Å². The first kappa shape index (κ1) is 21.7. The first-order chi connectivity index (χ1) is 14.5. The van der Waals surface area contributed by atoms with E-state index in [2.05, 4.69) is 0 Å². The van der Waals surface area contributed by atoms with Gasteiger partial charge in [0.1, 0.15) is 18.1 Å². The number of aliphatic hydroxyl groups excluding tert-OH is 1. The van der Waals surface area contributed by atoms with Gasteiger partial charge in [-0.3, -0.25) is 0 Å². The largest absolute Gasteiger partial charge is 0.501 e. The predicted octanol–water partition coefficient (Wildman–Crippen LogP) is 4.39. The van der Waals surface area contributed by atoms with Crippen LogP contribution in [0.3, 0.4) is 0 Å². The third-order valence-corrected chi connectivity index (χ3v) is 7.54. The molecule has 0 aromatic heterocycles. The van der Waals surface area contributed by atoms with Gasteiger partial charge >= 0.3 is 5.51 Å². The lowest BCUT2D eigenvalue weighted by atomic mass is 9.75. The molecule has 2 aromatic rings. The molecule has 31 heavy (non-hydrogen) atoms. The van der Waals surface area contributed by atoms with Crippen LogP contribution in [0.2, 0.25) is 0 Å². The van der Waals surface area contributed by atoms with E-state index in [9.17, 15) is 40.7 Å². The van der Waals surface area contributed by atoms with Crippen molar-refractivity contribution in [2.75, 3.05) is 0 Å². The molecule has 0 saturated heterocycles. The Labute approximate surface area is 174 Å². The quantitative estimate of drug-likeness (QED) is 0.679. The summed E-state index contributed by atoms with van der Waals surface area (Å²) in [4.78, 5) is -1.16. The van der Waals surface area contributed by atoms with E-state index < -0.39 is 56.2 Å². The molecule has 2 aliphatic rings. The van der Waals surface area contributed by atoms with Gasteiger partial charge in [0.2, 0.25) is 0 Å². The lowest BCUT2D eigenvalue weighted by molar-refractivity contribution is -0.0437. The number of aliphatic hydroxyl groups is 1. The highest BCUT2D eigenvalue weighted by Gasteiger charge is 2.50. The zero-order valence-electron chi connectivity index (χ0n) is 15.9. The number of nitrogens with zero attached hydrogens (tertiary/aromatic N) is 1. The van der Waals surface area contributed by atoms with Crippen LogP contribution in [-0.4, -0.2) is 25.2 Å². The molecule has 0 aliphatic heterocycles. The fraction of sp³-hybridized carbons (Fsp3) is 0.381. The van der Waals surface area contributed by atoms with Crippen LogP contribution in [0.5, 0.6) is 0 Å². The van der Waals surface area contributed by atoms with E-state index in [4.69, 9.17) is 0 Å². The maximum absolute atomic E-state index is 14.4. The molecule has 10 heteroatoms. The van der Waals surface area contributed by atoms with Gasteiger partial charge in [0.15, 0.2) is 0 Å². The van der Waals surface area contributed by atoms with Crippen LogP contribution in [-0.2, 0) is 22.7 Å². The fourth-order valence-electron chi connectivity index (χ4n) is 4.72. The molecule has 0 unspecified atom stereocenters. The minimum absolute atomic E-state index is 0.00334. The summed E-state index contributed by atoms with van der Waals surface area (Å²) in [5.41, 5.74) is -4.72. The van der Waals surface area contributed by atoms with E-state index in [1.807, 2.05) is 6.07 Å². The van der Waals surface area contributed by atoms with Gasteiger partial charge in [-0.05, 0) is 59.7 Å². The molecule has 2 aromatic carbocycles. The van der Waals surface area contributed by atoms with Crippen LogP contribution in [0, 0.1) is 17.1 Å². The van der Waals surface area contributed by atoms with Gasteiger partial charge in [0, 0.05) is 17.9 Å². The van der Waals surface area contributed by atoms with Crippen LogP contribution in [0.4, 0.5) is 22.0 Å². The summed E-state index contributed by atoms with van der Waals surface area (Å²) < 4.78 is 91.9. The average Bonchev–Trinajstić information content (AvgIpc) is 2.99. The van der Waals surface area contributed by atoms with Crippen molar-refractivity contribution < 1.29 is 35.5 Å². The highest BCUT2D eigenvalue weighted by molar-refractivity contribution is 7.92. The van der Waals surface area contributed by atoms with E-state index in [0.717, 1.165) is 12.1 Å². The first-order valence-corrected chi connectivity index (χ1v) is 11.0. The summed E-state index contributed by atoms with van der Waals surface area (Å²) >= 11 is 0. The fourth-order valence-corrected chi connectivity index (χ4v) is 5.75. The molecule has 0 heterocycles. The van der Waals surface area contributed by atoms with Crippen molar-refractivity contribution in [2.24, 2.45) is 0 Å². The van der Waals surface area contributed by atoms with Gasteiger partial charge in [-0.2, -0.15) is 18.4 Å². The Balaban J connectivity index is 1.97. The Morgan fingerprint density at radius 1 is 1.16 bits per heavy atom. The summed E-state index contributed by atoms with van der Waals surface area (Å²) in [7, 11) is -5.81. The number of halogens is 5. The Kier molecular flexibility index (Phi) is 5.10.